The molecule has 2 aromatic rings. The van der Waals surface area contributed by atoms with Crippen LogP contribution in [-0.4, -0.2) is 25.2 Å². The quantitative estimate of drug-likeness (QED) is 0.828. The van der Waals surface area contributed by atoms with Gasteiger partial charge in [-0.1, -0.05) is 0 Å². The van der Waals surface area contributed by atoms with Gasteiger partial charge >= 0.3 is 0 Å². The first kappa shape index (κ1) is 14.2. The minimum atomic E-state index is -0.325. The van der Waals surface area contributed by atoms with Crippen molar-refractivity contribution in [1.82, 2.24) is 10.3 Å². The van der Waals surface area contributed by atoms with Crippen LogP contribution in [0.15, 0.2) is 33.3 Å². The molecule has 1 aromatic heterocycles. The van der Waals surface area contributed by atoms with Crippen LogP contribution in [-0.2, 0) is 11.3 Å². The Balaban J connectivity index is 2.01. The summed E-state index contributed by atoms with van der Waals surface area (Å²) in [4.78, 5) is 4.14. The molecule has 0 bridgehead atoms. The van der Waals surface area contributed by atoms with Crippen LogP contribution < -0.4 is 5.32 Å². The average Bonchev–Trinajstić information content (AvgIpc) is 2.87. The van der Waals surface area contributed by atoms with Crippen molar-refractivity contribution >= 4 is 15.9 Å². The lowest BCUT2D eigenvalue weighted by Gasteiger charge is -2.00. The van der Waals surface area contributed by atoms with E-state index in [-0.39, 0.29) is 5.82 Å². The second-order valence-corrected chi connectivity index (χ2v) is 4.77. The number of ether oxygens (including phenoxy) is 1. The van der Waals surface area contributed by atoms with Gasteiger partial charge in [-0.15, -0.1) is 0 Å². The second-order valence-electron chi connectivity index (χ2n) is 3.92. The minimum absolute atomic E-state index is 0.325. The summed E-state index contributed by atoms with van der Waals surface area (Å²) in [7, 11) is 1.65. The molecule has 0 aliphatic heterocycles. The van der Waals surface area contributed by atoms with Gasteiger partial charge in [-0.05, 0) is 34.1 Å². The molecule has 1 N–H and O–H groups in total. The van der Waals surface area contributed by atoms with Crippen LogP contribution in [0.5, 0.6) is 0 Å². The Hall–Kier alpha value is -1.24. The molecule has 1 heterocycles. The average molecular weight is 329 g/mol. The number of aromatic nitrogens is 1. The van der Waals surface area contributed by atoms with Gasteiger partial charge in [0.2, 0.25) is 5.89 Å². The summed E-state index contributed by atoms with van der Waals surface area (Å²) >= 11 is 3.11. The molecular formula is C13H14BrFN2O2. The lowest BCUT2D eigenvalue weighted by molar-refractivity contribution is 0.198. The number of hydrogen-bond donors (Lipinski definition) is 1. The number of nitrogens with one attached hydrogen (secondary N) is 1. The van der Waals surface area contributed by atoms with Crippen LogP contribution in [0.25, 0.3) is 11.3 Å². The van der Waals surface area contributed by atoms with Crippen LogP contribution in [0, 0.1) is 5.82 Å². The van der Waals surface area contributed by atoms with Crippen molar-refractivity contribution in [3.63, 3.8) is 0 Å². The number of methoxy groups -OCH3 is 1. The zero-order valence-electron chi connectivity index (χ0n) is 10.5. The van der Waals surface area contributed by atoms with Gasteiger partial charge in [0.1, 0.15) is 5.82 Å². The number of nitrogens with zero attached hydrogens (tertiary/aromatic N) is 1. The van der Waals surface area contributed by atoms with Crippen LogP contribution in [0.1, 0.15) is 5.89 Å². The molecule has 0 saturated heterocycles. The molecule has 0 aliphatic rings. The zero-order valence-corrected chi connectivity index (χ0v) is 12.0. The third kappa shape index (κ3) is 3.86. The van der Waals surface area contributed by atoms with Crippen LogP contribution in [0.3, 0.4) is 0 Å². The van der Waals surface area contributed by atoms with Gasteiger partial charge in [0.25, 0.3) is 0 Å². The van der Waals surface area contributed by atoms with Crippen molar-refractivity contribution in [3.05, 3.63) is 40.6 Å². The summed E-state index contributed by atoms with van der Waals surface area (Å²) in [6.45, 7) is 1.87. The van der Waals surface area contributed by atoms with Gasteiger partial charge < -0.3 is 14.5 Å². The molecule has 4 nitrogen and oxygen atoms in total. The van der Waals surface area contributed by atoms with Gasteiger partial charge in [0.15, 0.2) is 5.76 Å². The standard InChI is InChI=1S/C13H14BrFN2O2/c1-18-5-4-16-8-13-17-7-12(19-13)9-2-3-10(14)11(15)6-9/h2-3,6-7,16H,4-5,8H2,1H3. The maximum atomic E-state index is 13.4. The lowest BCUT2D eigenvalue weighted by Crippen LogP contribution is -2.18. The Morgan fingerprint density at radius 2 is 2.32 bits per heavy atom. The highest BCUT2D eigenvalue weighted by atomic mass is 79.9. The Bertz CT molecular complexity index is 545. The predicted octanol–water partition coefficient (Wildman–Crippen LogP) is 2.98. The highest BCUT2D eigenvalue weighted by Crippen LogP contribution is 2.25. The number of halogens is 2. The minimum Gasteiger partial charge on any atom is -0.439 e. The molecule has 0 spiro atoms. The van der Waals surface area contributed by atoms with Gasteiger partial charge in [-0.25, -0.2) is 9.37 Å². The van der Waals surface area contributed by atoms with Crippen LogP contribution in [0.4, 0.5) is 4.39 Å². The summed E-state index contributed by atoms with van der Waals surface area (Å²) < 4.78 is 24.3. The van der Waals surface area contributed by atoms with Crippen molar-refractivity contribution in [2.45, 2.75) is 6.54 Å². The van der Waals surface area contributed by atoms with E-state index in [2.05, 4.69) is 26.2 Å². The Morgan fingerprint density at radius 1 is 1.47 bits per heavy atom. The molecule has 0 aliphatic carbocycles. The molecule has 0 unspecified atom stereocenters. The molecule has 0 atom stereocenters. The number of benzene rings is 1. The predicted molar refractivity (Wildman–Crippen MR) is 73.2 cm³/mol. The maximum Gasteiger partial charge on any atom is 0.208 e. The highest BCUT2D eigenvalue weighted by molar-refractivity contribution is 9.10. The second kappa shape index (κ2) is 6.79. The molecule has 0 fully saturated rings. The molecule has 102 valence electrons. The first-order chi connectivity index (χ1) is 9.20. The third-order valence-electron chi connectivity index (χ3n) is 2.52. The monoisotopic (exact) mass is 328 g/mol. The van der Waals surface area contributed by atoms with Gasteiger partial charge in [-0.2, -0.15) is 0 Å². The van der Waals surface area contributed by atoms with Crippen molar-refractivity contribution in [1.29, 1.82) is 0 Å². The number of hydrogen-bond acceptors (Lipinski definition) is 4. The van der Waals surface area contributed by atoms with E-state index in [0.717, 1.165) is 6.54 Å². The third-order valence-corrected chi connectivity index (χ3v) is 3.16. The van der Waals surface area contributed by atoms with E-state index in [4.69, 9.17) is 9.15 Å². The molecule has 0 amide bonds. The van der Waals surface area contributed by atoms with E-state index < -0.39 is 0 Å². The van der Waals surface area contributed by atoms with Crippen molar-refractivity contribution in [3.8, 4) is 11.3 Å². The van der Waals surface area contributed by atoms with E-state index >= 15 is 0 Å². The fourth-order valence-electron chi connectivity index (χ4n) is 1.54. The largest absolute Gasteiger partial charge is 0.439 e. The van der Waals surface area contributed by atoms with Crippen molar-refractivity contribution < 1.29 is 13.5 Å². The molecule has 1 aromatic carbocycles. The molecular weight excluding hydrogens is 315 g/mol. The summed E-state index contributed by atoms with van der Waals surface area (Å²) in [5.74, 6) is 0.790. The lowest BCUT2D eigenvalue weighted by atomic mass is 10.2. The summed E-state index contributed by atoms with van der Waals surface area (Å²) in [5.41, 5.74) is 0.663. The van der Waals surface area contributed by atoms with Gasteiger partial charge in [0, 0.05) is 19.2 Å². The van der Waals surface area contributed by atoms with Crippen molar-refractivity contribution in [2.24, 2.45) is 0 Å². The summed E-state index contributed by atoms with van der Waals surface area (Å²) in [6, 6.07) is 4.83. The maximum absolute atomic E-state index is 13.4. The molecule has 6 heteroatoms. The van der Waals surface area contributed by atoms with Crippen molar-refractivity contribution in [2.75, 3.05) is 20.3 Å². The SMILES string of the molecule is COCCNCc1ncc(-c2ccc(Br)c(F)c2)o1. The summed E-state index contributed by atoms with van der Waals surface area (Å²) in [6.07, 6.45) is 1.59. The van der Waals surface area contributed by atoms with E-state index in [1.807, 2.05) is 0 Å². The van der Waals surface area contributed by atoms with Crippen LogP contribution in [0.2, 0.25) is 0 Å². The number of oxazole rings is 1. The Kier molecular flexibility index (Phi) is 5.07. The summed E-state index contributed by atoms with van der Waals surface area (Å²) in [5, 5.41) is 3.13. The molecule has 19 heavy (non-hydrogen) atoms. The van der Waals surface area contributed by atoms with E-state index in [0.29, 0.717) is 34.8 Å². The molecule has 0 radical (unpaired) electrons. The molecule has 2 rings (SSSR count). The Labute approximate surface area is 119 Å². The van der Waals surface area contributed by atoms with E-state index in [1.54, 1.807) is 25.4 Å². The first-order valence-corrected chi connectivity index (χ1v) is 6.60. The zero-order chi connectivity index (χ0) is 13.7. The fourth-order valence-corrected chi connectivity index (χ4v) is 1.79. The van der Waals surface area contributed by atoms with Gasteiger partial charge in [0.05, 0.1) is 23.8 Å². The Morgan fingerprint density at radius 3 is 3.05 bits per heavy atom. The first-order valence-electron chi connectivity index (χ1n) is 5.80. The van der Waals surface area contributed by atoms with Gasteiger partial charge in [-0.3, -0.25) is 0 Å². The number of rotatable bonds is 6. The smallest absolute Gasteiger partial charge is 0.208 e. The van der Waals surface area contributed by atoms with E-state index in [1.165, 1.54) is 6.07 Å². The molecule has 0 saturated carbocycles. The normalized spacial score (nSPS) is 10.9. The topological polar surface area (TPSA) is 47.3 Å². The fraction of sp³-hybridized carbons (Fsp3) is 0.308. The van der Waals surface area contributed by atoms with Crippen LogP contribution >= 0.6 is 15.9 Å². The highest BCUT2D eigenvalue weighted by Gasteiger charge is 2.08. The van der Waals surface area contributed by atoms with E-state index in [9.17, 15) is 4.39 Å².